The van der Waals surface area contributed by atoms with Crippen molar-refractivity contribution in [3.63, 3.8) is 0 Å². The van der Waals surface area contributed by atoms with Crippen LogP contribution < -0.4 is 0 Å². The molecule has 1 heterocycles. The van der Waals surface area contributed by atoms with E-state index in [-0.39, 0.29) is 5.60 Å². The van der Waals surface area contributed by atoms with Gasteiger partial charge in [-0.1, -0.05) is 27.6 Å². The van der Waals surface area contributed by atoms with Crippen molar-refractivity contribution >= 4 is 15.9 Å². The van der Waals surface area contributed by atoms with Crippen molar-refractivity contribution in [3.8, 4) is 0 Å². The van der Waals surface area contributed by atoms with E-state index < -0.39 is 0 Å². The van der Waals surface area contributed by atoms with Crippen molar-refractivity contribution in [2.45, 2.75) is 45.3 Å². The summed E-state index contributed by atoms with van der Waals surface area (Å²) in [6.07, 6.45) is 5.05. The molecule has 1 atom stereocenters. The second-order valence-corrected chi connectivity index (χ2v) is 4.60. The Bertz CT molecular complexity index is 184. The molecule has 1 saturated heterocycles. The van der Waals surface area contributed by atoms with Crippen molar-refractivity contribution in [2.75, 3.05) is 5.33 Å². The summed E-state index contributed by atoms with van der Waals surface area (Å²) in [5.41, 5.74) is 1.62. The Morgan fingerprint density at radius 3 is 2.58 bits per heavy atom. The maximum absolute atomic E-state index is 5.49. The normalized spacial score (nSPS) is 27.3. The first-order chi connectivity index (χ1) is 5.56. The van der Waals surface area contributed by atoms with E-state index in [1.54, 1.807) is 0 Å². The Morgan fingerprint density at radius 2 is 2.17 bits per heavy atom. The molecule has 0 radical (unpaired) electrons. The highest BCUT2D eigenvalue weighted by atomic mass is 79.9. The minimum atomic E-state index is 0.161. The van der Waals surface area contributed by atoms with Crippen LogP contribution in [0.3, 0.4) is 0 Å². The molecule has 1 aliphatic heterocycles. The molecule has 0 aromatic carbocycles. The van der Waals surface area contributed by atoms with Crippen molar-refractivity contribution in [3.05, 3.63) is 11.6 Å². The van der Waals surface area contributed by atoms with Crippen LogP contribution in [0.15, 0.2) is 11.6 Å². The van der Waals surface area contributed by atoms with E-state index >= 15 is 0 Å². The van der Waals surface area contributed by atoms with E-state index in [4.69, 9.17) is 4.74 Å². The fraction of sp³-hybridized carbons (Fsp3) is 0.800. The molecule has 0 aromatic rings. The van der Waals surface area contributed by atoms with E-state index in [1.165, 1.54) is 18.4 Å². The lowest BCUT2D eigenvalue weighted by Crippen LogP contribution is -2.02. The van der Waals surface area contributed by atoms with Gasteiger partial charge in [-0.3, -0.25) is 0 Å². The smallest absolute Gasteiger partial charge is 0.0892 e. The molecule has 0 amide bonds. The van der Waals surface area contributed by atoms with Gasteiger partial charge in [-0.15, -0.1) is 0 Å². The zero-order valence-corrected chi connectivity index (χ0v) is 9.65. The van der Waals surface area contributed by atoms with Gasteiger partial charge in [-0.2, -0.15) is 0 Å². The molecule has 1 fully saturated rings. The predicted molar refractivity (Wildman–Crippen MR) is 55.7 cm³/mol. The standard InChI is InChI=1S/C10H17BrO/c1-8(6-7-11)4-5-9-10(2,3)12-9/h6,9H,4-5,7H2,1-3H3/b8-6-/t9-/m0/s1. The van der Waals surface area contributed by atoms with E-state index in [2.05, 4.69) is 42.8 Å². The van der Waals surface area contributed by atoms with Crippen LogP contribution >= 0.6 is 15.9 Å². The number of ether oxygens (including phenoxy) is 1. The maximum atomic E-state index is 5.49. The molecule has 0 bridgehead atoms. The second-order valence-electron chi connectivity index (χ2n) is 3.95. The van der Waals surface area contributed by atoms with Gasteiger partial charge in [0.15, 0.2) is 0 Å². The summed E-state index contributed by atoms with van der Waals surface area (Å²) in [7, 11) is 0. The summed E-state index contributed by atoms with van der Waals surface area (Å²) in [5, 5.41) is 0.966. The maximum Gasteiger partial charge on any atom is 0.0892 e. The Hall–Kier alpha value is 0.180. The first-order valence-electron chi connectivity index (χ1n) is 4.45. The highest BCUT2D eigenvalue weighted by Gasteiger charge is 2.46. The molecule has 0 aliphatic carbocycles. The molecule has 0 unspecified atom stereocenters. The summed E-state index contributed by atoms with van der Waals surface area (Å²) in [6.45, 7) is 6.49. The molecule has 12 heavy (non-hydrogen) atoms. The fourth-order valence-corrected chi connectivity index (χ4v) is 1.88. The predicted octanol–water partition coefficient (Wildman–Crippen LogP) is 3.29. The minimum Gasteiger partial charge on any atom is -0.367 e. The molecule has 2 heteroatoms. The van der Waals surface area contributed by atoms with Crippen LogP contribution in [-0.2, 0) is 4.74 Å². The summed E-state index contributed by atoms with van der Waals surface area (Å²) in [5.74, 6) is 0. The van der Waals surface area contributed by atoms with Crippen molar-refractivity contribution in [2.24, 2.45) is 0 Å². The molecule has 1 nitrogen and oxygen atoms in total. The topological polar surface area (TPSA) is 12.5 Å². The lowest BCUT2D eigenvalue weighted by Gasteiger charge is -1.98. The Morgan fingerprint density at radius 1 is 1.58 bits per heavy atom. The largest absolute Gasteiger partial charge is 0.367 e. The summed E-state index contributed by atoms with van der Waals surface area (Å²) in [4.78, 5) is 0. The molecule has 0 spiro atoms. The Balaban J connectivity index is 2.15. The third-order valence-electron chi connectivity index (χ3n) is 2.39. The van der Waals surface area contributed by atoms with Gasteiger partial charge in [-0.05, 0) is 33.6 Å². The zero-order chi connectivity index (χ0) is 9.19. The van der Waals surface area contributed by atoms with Crippen LogP contribution in [-0.4, -0.2) is 17.0 Å². The highest BCUT2D eigenvalue weighted by molar-refractivity contribution is 9.09. The first-order valence-corrected chi connectivity index (χ1v) is 5.58. The molecule has 0 saturated carbocycles. The number of alkyl halides is 1. The van der Waals surface area contributed by atoms with E-state index in [1.807, 2.05) is 0 Å². The summed E-state index contributed by atoms with van der Waals surface area (Å²) >= 11 is 3.39. The Kier molecular flexibility index (Phi) is 3.36. The van der Waals surface area contributed by atoms with Gasteiger partial charge in [0.05, 0.1) is 11.7 Å². The Labute approximate surface area is 83.3 Å². The summed E-state index contributed by atoms with van der Waals surface area (Å²) in [6, 6.07) is 0. The number of rotatable bonds is 4. The van der Waals surface area contributed by atoms with Crippen molar-refractivity contribution in [1.29, 1.82) is 0 Å². The van der Waals surface area contributed by atoms with Crippen LogP contribution in [0.4, 0.5) is 0 Å². The number of hydrogen-bond donors (Lipinski definition) is 0. The molecule has 1 rings (SSSR count). The minimum absolute atomic E-state index is 0.161. The number of epoxide rings is 1. The van der Waals surface area contributed by atoms with Crippen LogP contribution in [0, 0.1) is 0 Å². The average molecular weight is 233 g/mol. The van der Waals surface area contributed by atoms with Gasteiger partial charge < -0.3 is 4.74 Å². The lowest BCUT2D eigenvalue weighted by atomic mass is 10.0. The van der Waals surface area contributed by atoms with Gasteiger partial charge in [-0.25, -0.2) is 0 Å². The third kappa shape index (κ3) is 2.91. The average Bonchev–Trinajstić information content (AvgIpc) is 2.56. The lowest BCUT2D eigenvalue weighted by molar-refractivity contribution is 0.320. The first kappa shape index (κ1) is 10.3. The molecule has 1 aliphatic rings. The number of allylic oxidation sites excluding steroid dienone is 2. The third-order valence-corrected chi connectivity index (χ3v) is 2.71. The highest BCUT2D eigenvalue weighted by Crippen LogP contribution is 2.38. The molecule has 0 N–H and O–H groups in total. The van der Waals surface area contributed by atoms with Gasteiger partial charge >= 0.3 is 0 Å². The molecular weight excluding hydrogens is 216 g/mol. The zero-order valence-electron chi connectivity index (χ0n) is 8.06. The van der Waals surface area contributed by atoms with Gasteiger partial charge in [0.25, 0.3) is 0 Å². The van der Waals surface area contributed by atoms with Crippen molar-refractivity contribution in [1.82, 2.24) is 0 Å². The van der Waals surface area contributed by atoms with Gasteiger partial charge in [0.2, 0.25) is 0 Å². The fourth-order valence-electron chi connectivity index (χ4n) is 1.33. The molecule has 70 valence electrons. The SMILES string of the molecule is C/C(=C/CBr)CC[C@@H]1OC1(C)C. The van der Waals surface area contributed by atoms with Crippen LogP contribution in [0.2, 0.25) is 0 Å². The number of halogens is 1. The van der Waals surface area contributed by atoms with E-state index in [0.29, 0.717) is 6.10 Å². The van der Waals surface area contributed by atoms with E-state index in [9.17, 15) is 0 Å². The molecular formula is C10H17BrO. The van der Waals surface area contributed by atoms with Crippen LogP contribution in [0.25, 0.3) is 0 Å². The summed E-state index contributed by atoms with van der Waals surface area (Å²) < 4.78 is 5.49. The van der Waals surface area contributed by atoms with Crippen LogP contribution in [0.5, 0.6) is 0 Å². The van der Waals surface area contributed by atoms with E-state index in [0.717, 1.165) is 5.33 Å². The monoisotopic (exact) mass is 232 g/mol. The second kappa shape index (κ2) is 3.93. The van der Waals surface area contributed by atoms with Gasteiger partial charge in [0, 0.05) is 5.33 Å². The quantitative estimate of drug-likeness (QED) is 0.412. The van der Waals surface area contributed by atoms with Crippen molar-refractivity contribution < 1.29 is 4.74 Å². The van der Waals surface area contributed by atoms with Crippen LogP contribution in [0.1, 0.15) is 33.6 Å². The number of hydrogen-bond acceptors (Lipinski definition) is 1. The molecule has 0 aromatic heterocycles. The van der Waals surface area contributed by atoms with Gasteiger partial charge in [0.1, 0.15) is 0 Å².